The van der Waals surface area contributed by atoms with Crippen molar-refractivity contribution in [1.29, 1.82) is 0 Å². The van der Waals surface area contributed by atoms with Gasteiger partial charge >= 0.3 is 37.8 Å². The van der Waals surface area contributed by atoms with Gasteiger partial charge in [0.15, 0.2) is 0 Å². The normalized spacial score (nSPS) is 8.71. The molecule has 0 saturated carbocycles. The number of carbonyl (C=O) groups excluding carboxylic acids is 3. The number of carbonyl (C=O) groups is 3. The summed E-state index contributed by atoms with van der Waals surface area (Å²) in [6, 6.07) is 0. The maximum atomic E-state index is 10.9. The fourth-order valence-corrected chi connectivity index (χ4v) is 0.825. The number of Topliss-reactive ketones (excluding diaryl/α,β-unsaturated/α-hetero) is 1. The van der Waals surface area contributed by atoms with E-state index in [9.17, 15) is 14.4 Å². The summed E-state index contributed by atoms with van der Waals surface area (Å²) < 4.78 is 4.12. The molecule has 0 aromatic rings. The number of rotatable bonds is 5. The first-order valence-electron chi connectivity index (χ1n) is 4.33. The quantitative estimate of drug-likeness (QED) is 0.311. The molecule has 5 heteroatoms. The van der Waals surface area contributed by atoms with Gasteiger partial charge in [-0.25, -0.2) is 4.79 Å². The zero-order valence-electron chi connectivity index (χ0n) is 7.96. The first-order valence-corrected chi connectivity index (χ1v) is 4.33. The Labute approximate surface area is 102 Å². The molecule has 0 aliphatic carbocycles. The van der Waals surface area contributed by atoms with Crippen molar-refractivity contribution in [3.05, 3.63) is 0 Å². The van der Waals surface area contributed by atoms with Gasteiger partial charge in [0.1, 0.15) is 0 Å². The van der Waals surface area contributed by atoms with Gasteiger partial charge in [0.05, 0.1) is 0 Å². The van der Waals surface area contributed by atoms with Crippen molar-refractivity contribution in [3.8, 4) is 0 Å². The maximum absolute atomic E-state index is 10.9. The molecule has 0 rings (SSSR count). The summed E-state index contributed by atoms with van der Waals surface area (Å²) in [5.41, 5.74) is 0. The fourth-order valence-electron chi connectivity index (χ4n) is 0.825. The van der Waals surface area contributed by atoms with Gasteiger partial charge in [-0.1, -0.05) is 19.8 Å². The summed E-state index contributed by atoms with van der Waals surface area (Å²) in [7, 11) is 0. The van der Waals surface area contributed by atoms with E-state index in [0.717, 1.165) is 19.8 Å². The summed E-state index contributed by atoms with van der Waals surface area (Å²) in [4.78, 5) is 32.0. The van der Waals surface area contributed by atoms with Gasteiger partial charge in [-0.3, -0.25) is 9.59 Å². The molecule has 0 aromatic heterocycles. The Balaban J connectivity index is 0. The molecule has 0 amide bonds. The van der Waals surface area contributed by atoms with Crippen LogP contribution in [0.4, 0.5) is 0 Å². The van der Waals surface area contributed by atoms with Gasteiger partial charge < -0.3 is 4.74 Å². The van der Waals surface area contributed by atoms with Crippen LogP contribution in [-0.2, 0) is 19.1 Å². The molecule has 0 unspecified atom stereocenters. The Morgan fingerprint density at radius 1 is 1.14 bits per heavy atom. The molecule has 0 atom stereocenters. The fraction of sp³-hybridized carbons (Fsp3) is 0.667. The molecule has 0 fully saturated rings. The average molecular weight is 304 g/mol. The molecule has 80 valence electrons. The van der Waals surface area contributed by atoms with Gasteiger partial charge in [0, 0.05) is 13.3 Å². The van der Waals surface area contributed by atoms with Crippen LogP contribution in [-0.4, -0.2) is 43.6 Å². The van der Waals surface area contributed by atoms with Crippen molar-refractivity contribution >= 4 is 43.6 Å². The van der Waals surface area contributed by atoms with E-state index in [4.69, 9.17) is 0 Å². The third kappa shape index (κ3) is 8.29. The van der Waals surface area contributed by atoms with Gasteiger partial charge in [-0.15, -0.1) is 0 Å². The number of ether oxygens (including phenoxy) is 1. The first-order chi connectivity index (χ1) is 6.07. The summed E-state index contributed by atoms with van der Waals surface area (Å²) in [5.74, 6) is -2.40. The van der Waals surface area contributed by atoms with Gasteiger partial charge in [0.25, 0.3) is 0 Å². The monoisotopic (exact) mass is 304 g/mol. The summed E-state index contributed by atoms with van der Waals surface area (Å²) >= 11 is 0. The number of ketones is 1. The topological polar surface area (TPSA) is 60.4 Å². The van der Waals surface area contributed by atoms with E-state index < -0.39 is 17.7 Å². The van der Waals surface area contributed by atoms with Crippen LogP contribution in [0.5, 0.6) is 0 Å². The first kappa shape index (κ1) is 16.1. The van der Waals surface area contributed by atoms with E-state index in [2.05, 4.69) is 4.74 Å². The van der Waals surface area contributed by atoms with Crippen LogP contribution in [0.2, 0.25) is 0 Å². The van der Waals surface area contributed by atoms with Crippen LogP contribution in [0, 0.1) is 0 Å². The number of hydrogen-bond donors (Lipinski definition) is 0. The third-order valence-electron chi connectivity index (χ3n) is 1.47. The van der Waals surface area contributed by atoms with Crippen LogP contribution in [0.15, 0.2) is 0 Å². The van der Waals surface area contributed by atoms with E-state index in [-0.39, 0.29) is 32.3 Å². The van der Waals surface area contributed by atoms with Crippen molar-refractivity contribution in [2.24, 2.45) is 0 Å². The van der Waals surface area contributed by atoms with E-state index in [0.29, 0.717) is 6.42 Å². The number of esters is 2. The molecule has 0 bridgehead atoms. The molecule has 4 nitrogen and oxygen atoms in total. The zero-order chi connectivity index (χ0) is 10.3. The van der Waals surface area contributed by atoms with E-state index >= 15 is 0 Å². The van der Waals surface area contributed by atoms with E-state index in [1.807, 2.05) is 6.92 Å². The molecule has 0 heterocycles. The second kappa shape index (κ2) is 9.24. The van der Waals surface area contributed by atoms with Crippen molar-refractivity contribution in [1.82, 2.24) is 0 Å². The van der Waals surface area contributed by atoms with E-state index in [1.165, 1.54) is 0 Å². The molecule has 0 spiro atoms. The molecule has 0 saturated heterocycles. The standard InChI is InChI=1S/C9H14O4.In.3H/c1-3-4-5-6-8(11)9(12)13-7(2)10;;;;/h3-6H2,1-2H3;;;;. The summed E-state index contributed by atoms with van der Waals surface area (Å²) in [6.07, 6.45) is 2.72. The van der Waals surface area contributed by atoms with Crippen LogP contribution in [0.25, 0.3) is 0 Å². The van der Waals surface area contributed by atoms with E-state index in [1.54, 1.807) is 0 Å². The average Bonchev–Trinajstić information content (AvgIpc) is 2.03. The molecule has 0 aromatic carbocycles. The Morgan fingerprint density at radius 3 is 2.14 bits per heavy atom. The van der Waals surface area contributed by atoms with Crippen LogP contribution in [0.1, 0.15) is 39.5 Å². The van der Waals surface area contributed by atoms with Gasteiger partial charge in [-0.2, -0.15) is 0 Å². The van der Waals surface area contributed by atoms with Crippen LogP contribution in [0.3, 0.4) is 0 Å². The number of unbranched alkanes of at least 4 members (excludes halogenated alkanes) is 2. The minimum absolute atomic E-state index is 0. The predicted molar refractivity (Wildman–Crippen MR) is 55.9 cm³/mol. The SMILES string of the molecule is CCCCCC(=O)C(=O)OC(C)=O.[InH3]. The molecule has 0 radical (unpaired) electrons. The van der Waals surface area contributed by atoms with Crippen molar-refractivity contribution < 1.29 is 19.1 Å². The molecule has 14 heavy (non-hydrogen) atoms. The van der Waals surface area contributed by atoms with Crippen molar-refractivity contribution in [2.75, 3.05) is 0 Å². The Kier molecular flexibility index (Phi) is 10.6. The Bertz CT molecular complexity index is 213. The minimum atomic E-state index is -1.04. The summed E-state index contributed by atoms with van der Waals surface area (Å²) in [5, 5.41) is 0. The molecule has 0 aliphatic heterocycles. The third-order valence-corrected chi connectivity index (χ3v) is 1.47. The van der Waals surface area contributed by atoms with Crippen LogP contribution < -0.4 is 0 Å². The van der Waals surface area contributed by atoms with Crippen LogP contribution >= 0.6 is 0 Å². The summed E-state index contributed by atoms with van der Waals surface area (Å²) in [6.45, 7) is 3.09. The predicted octanol–water partition coefficient (Wildman–Crippen LogP) is 0.0416. The molecule has 0 aliphatic rings. The Morgan fingerprint density at radius 2 is 1.71 bits per heavy atom. The van der Waals surface area contributed by atoms with Gasteiger partial charge in [0.2, 0.25) is 5.78 Å². The number of hydrogen-bond acceptors (Lipinski definition) is 4. The second-order valence-electron chi connectivity index (χ2n) is 2.76. The molecule has 0 N–H and O–H groups in total. The molecular formula is C9H17InO4. The van der Waals surface area contributed by atoms with Crippen molar-refractivity contribution in [2.45, 2.75) is 39.5 Å². The second-order valence-corrected chi connectivity index (χ2v) is 2.76. The van der Waals surface area contributed by atoms with Gasteiger partial charge in [-0.05, 0) is 6.42 Å². The van der Waals surface area contributed by atoms with Crippen molar-refractivity contribution in [3.63, 3.8) is 0 Å². The molecular weight excluding hydrogens is 287 g/mol. The Hall–Kier alpha value is -0.320. The zero-order valence-corrected chi connectivity index (χ0v) is 7.96.